The van der Waals surface area contributed by atoms with Crippen molar-refractivity contribution in [1.29, 1.82) is 5.26 Å². The number of nitriles is 1. The number of nitrogens with zero attached hydrogens (tertiary/aromatic N) is 3. The summed E-state index contributed by atoms with van der Waals surface area (Å²) in [6.07, 6.45) is 17.5. The van der Waals surface area contributed by atoms with Gasteiger partial charge in [0, 0.05) is 25.3 Å². The second-order valence-electron chi connectivity index (χ2n) is 8.78. The summed E-state index contributed by atoms with van der Waals surface area (Å²) in [5.74, 6) is -0.195. The molecule has 1 aliphatic carbocycles. The minimum Gasteiger partial charge on any atom is -0.376 e. The van der Waals surface area contributed by atoms with Gasteiger partial charge >= 0.3 is 0 Å². The summed E-state index contributed by atoms with van der Waals surface area (Å²) in [5.41, 5.74) is 0.243. The number of rotatable bonds is 4. The quantitative estimate of drug-likeness (QED) is 0.579. The van der Waals surface area contributed by atoms with E-state index in [-0.39, 0.29) is 17.5 Å². The number of piperidine rings is 1. The molecular weight excluding hydrogens is 348 g/mol. The van der Waals surface area contributed by atoms with E-state index in [0.29, 0.717) is 6.04 Å². The number of hydrogen-bond donors (Lipinski definition) is 1. The van der Waals surface area contributed by atoms with Crippen LogP contribution in [0.4, 0.5) is 0 Å². The van der Waals surface area contributed by atoms with Crippen molar-refractivity contribution in [2.24, 2.45) is 0 Å². The average molecular weight is 389 g/mol. The van der Waals surface area contributed by atoms with E-state index in [2.05, 4.69) is 28.2 Å². The normalized spacial score (nSPS) is 22.5. The molecule has 0 radical (unpaired) electrons. The predicted octanol–water partition coefficient (Wildman–Crippen LogP) is 4.21. The molecule has 0 aromatic carbocycles. The standard InChI is InChI=1S/C23H40N4O/c1-26-16-14-22(15-17-26)27(2)19-20(18-24)23(28)25-21-12-10-8-6-4-3-5-7-9-11-13-21/h19,21-22H,3-17H2,1-2H3,(H,25,28)/b20-19-. The van der Waals surface area contributed by atoms with Gasteiger partial charge in [-0.15, -0.1) is 0 Å². The van der Waals surface area contributed by atoms with E-state index >= 15 is 0 Å². The van der Waals surface area contributed by atoms with Crippen molar-refractivity contribution in [3.05, 3.63) is 11.8 Å². The van der Waals surface area contributed by atoms with Gasteiger partial charge < -0.3 is 15.1 Å². The molecule has 1 saturated heterocycles. The first-order valence-corrected chi connectivity index (χ1v) is 11.4. The lowest BCUT2D eigenvalue weighted by Crippen LogP contribution is -2.40. The second-order valence-corrected chi connectivity index (χ2v) is 8.78. The second kappa shape index (κ2) is 12.8. The number of carbonyl (C=O) groups excluding carboxylic acids is 1. The lowest BCUT2D eigenvalue weighted by Gasteiger charge is -2.34. The predicted molar refractivity (Wildman–Crippen MR) is 115 cm³/mol. The molecule has 28 heavy (non-hydrogen) atoms. The van der Waals surface area contributed by atoms with Crippen molar-refractivity contribution in [3.8, 4) is 6.07 Å². The Morgan fingerprint density at radius 3 is 1.96 bits per heavy atom. The summed E-state index contributed by atoms with van der Waals surface area (Å²) in [4.78, 5) is 17.2. The number of carbonyl (C=O) groups is 1. The number of nitrogens with one attached hydrogen (secondary N) is 1. The SMILES string of the molecule is CN1CCC(N(C)/C=C(/C#N)C(=O)NC2CCCCCCCCCCC2)CC1. The van der Waals surface area contributed by atoms with Gasteiger partial charge in [-0.05, 0) is 45.8 Å². The smallest absolute Gasteiger partial charge is 0.263 e. The molecule has 5 heteroatoms. The third-order valence-electron chi connectivity index (χ3n) is 6.40. The average Bonchev–Trinajstić information content (AvgIpc) is 2.68. The van der Waals surface area contributed by atoms with E-state index in [1.54, 1.807) is 6.20 Å². The maximum Gasteiger partial charge on any atom is 0.263 e. The van der Waals surface area contributed by atoms with E-state index < -0.39 is 0 Å². The topological polar surface area (TPSA) is 59.4 Å². The lowest BCUT2D eigenvalue weighted by molar-refractivity contribution is -0.118. The fourth-order valence-corrected chi connectivity index (χ4v) is 4.42. The van der Waals surface area contributed by atoms with Gasteiger partial charge in [0.05, 0.1) is 0 Å². The Bertz CT molecular complexity index is 519. The van der Waals surface area contributed by atoms with Crippen LogP contribution in [0.2, 0.25) is 0 Å². The van der Waals surface area contributed by atoms with Crippen LogP contribution in [0.1, 0.15) is 83.5 Å². The van der Waals surface area contributed by atoms with E-state index in [0.717, 1.165) is 38.8 Å². The van der Waals surface area contributed by atoms with Crippen LogP contribution in [0, 0.1) is 11.3 Å². The molecule has 2 rings (SSSR count). The fraction of sp³-hybridized carbons (Fsp3) is 0.826. The minimum absolute atomic E-state index is 0.195. The first-order chi connectivity index (χ1) is 13.6. The molecule has 1 amide bonds. The molecule has 1 heterocycles. The minimum atomic E-state index is -0.195. The number of hydrogen-bond acceptors (Lipinski definition) is 4. The summed E-state index contributed by atoms with van der Waals surface area (Å²) >= 11 is 0. The van der Waals surface area contributed by atoms with Gasteiger partial charge in [0.15, 0.2) is 0 Å². The van der Waals surface area contributed by atoms with Crippen LogP contribution in [0.3, 0.4) is 0 Å². The molecule has 2 aliphatic rings. The molecule has 0 spiro atoms. The van der Waals surface area contributed by atoms with Crippen LogP contribution in [-0.4, -0.2) is 55.0 Å². The Morgan fingerprint density at radius 2 is 1.46 bits per heavy atom. The summed E-state index contributed by atoms with van der Waals surface area (Å²) < 4.78 is 0. The van der Waals surface area contributed by atoms with Gasteiger partial charge in [-0.3, -0.25) is 4.79 Å². The zero-order valence-electron chi connectivity index (χ0n) is 18.1. The third kappa shape index (κ3) is 8.22. The van der Waals surface area contributed by atoms with Crippen molar-refractivity contribution >= 4 is 5.91 Å². The zero-order chi connectivity index (χ0) is 20.2. The lowest BCUT2D eigenvalue weighted by atomic mass is 9.97. The van der Waals surface area contributed by atoms with Gasteiger partial charge in [0.1, 0.15) is 11.6 Å². The molecule has 0 unspecified atom stereocenters. The molecule has 0 bridgehead atoms. The largest absolute Gasteiger partial charge is 0.376 e. The number of likely N-dealkylation sites (tertiary alicyclic amines) is 1. The van der Waals surface area contributed by atoms with Crippen LogP contribution >= 0.6 is 0 Å². The highest BCUT2D eigenvalue weighted by molar-refractivity contribution is 5.97. The van der Waals surface area contributed by atoms with Crippen LogP contribution in [-0.2, 0) is 4.79 Å². The van der Waals surface area contributed by atoms with Crippen LogP contribution in [0.15, 0.2) is 11.8 Å². The van der Waals surface area contributed by atoms with Crippen molar-refractivity contribution in [3.63, 3.8) is 0 Å². The van der Waals surface area contributed by atoms with Crippen LogP contribution in [0.5, 0.6) is 0 Å². The van der Waals surface area contributed by atoms with E-state index in [9.17, 15) is 10.1 Å². The first kappa shape index (κ1) is 22.7. The zero-order valence-corrected chi connectivity index (χ0v) is 18.1. The monoisotopic (exact) mass is 388 g/mol. The van der Waals surface area contributed by atoms with Crippen LogP contribution in [0.25, 0.3) is 0 Å². The molecular formula is C23H40N4O. The van der Waals surface area contributed by atoms with Crippen molar-refractivity contribution in [2.45, 2.75) is 95.6 Å². The molecule has 158 valence electrons. The Morgan fingerprint density at radius 1 is 0.964 bits per heavy atom. The summed E-state index contributed by atoms with van der Waals surface area (Å²) in [6.45, 7) is 2.14. The maximum absolute atomic E-state index is 12.8. The third-order valence-corrected chi connectivity index (χ3v) is 6.40. The van der Waals surface area contributed by atoms with Gasteiger partial charge in [0.25, 0.3) is 5.91 Å². The van der Waals surface area contributed by atoms with E-state index in [1.165, 1.54) is 57.8 Å². The molecule has 1 aliphatic heterocycles. The summed E-state index contributed by atoms with van der Waals surface area (Å²) in [6, 6.07) is 2.75. The molecule has 2 fully saturated rings. The molecule has 0 aromatic rings. The molecule has 5 nitrogen and oxygen atoms in total. The Hall–Kier alpha value is -1.54. The van der Waals surface area contributed by atoms with Gasteiger partial charge in [-0.1, -0.05) is 57.8 Å². The highest BCUT2D eigenvalue weighted by Crippen LogP contribution is 2.18. The molecule has 0 atom stereocenters. The Balaban J connectivity index is 1.89. The Kier molecular flexibility index (Phi) is 10.4. The summed E-state index contributed by atoms with van der Waals surface area (Å²) in [7, 11) is 4.14. The van der Waals surface area contributed by atoms with Crippen molar-refractivity contribution < 1.29 is 4.79 Å². The maximum atomic E-state index is 12.8. The van der Waals surface area contributed by atoms with E-state index in [4.69, 9.17) is 0 Å². The molecule has 1 N–H and O–H groups in total. The molecule has 0 aromatic heterocycles. The summed E-state index contributed by atoms with van der Waals surface area (Å²) in [5, 5.41) is 12.7. The van der Waals surface area contributed by atoms with Gasteiger partial charge in [-0.25, -0.2) is 0 Å². The highest BCUT2D eigenvalue weighted by atomic mass is 16.1. The van der Waals surface area contributed by atoms with Gasteiger partial charge in [0.2, 0.25) is 0 Å². The van der Waals surface area contributed by atoms with Crippen molar-refractivity contribution in [2.75, 3.05) is 27.2 Å². The first-order valence-electron chi connectivity index (χ1n) is 11.4. The van der Waals surface area contributed by atoms with E-state index in [1.807, 2.05) is 7.05 Å². The number of amides is 1. The van der Waals surface area contributed by atoms with Crippen molar-refractivity contribution in [1.82, 2.24) is 15.1 Å². The van der Waals surface area contributed by atoms with Gasteiger partial charge in [-0.2, -0.15) is 5.26 Å². The molecule has 1 saturated carbocycles. The fourth-order valence-electron chi connectivity index (χ4n) is 4.42. The van der Waals surface area contributed by atoms with Crippen LogP contribution < -0.4 is 5.32 Å². The highest BCUT2D eigenvalue weighted by Gasteiger charge is 2.21. The Labute approximate surface area is 172 Å².